The summed E-state index contributed by atoms with van der Waals surface area (Å²) in [6, 6.07) is 4.49. The number of nitrogens with one attached hydrogen (secondary N) is 1. The number of hydrogen-bond donors (Lipinski definition) is 1. The highest BCUT2D eigenvalue weighted by Gasteiger charge is 2.19. The Balaban J connectivity index is 1.44. The molecular formula is C15H25NO3. The van der Waals surface area contributed by atoms with E-state index >= 15 is 0 Å². The molecule has 1 heterocycles. The second kappa shape index (κ2) is 8.35. The lowest BCUT2D eigenvalue weighted by Crippen LogP contribution is -2.35. The van der Waals surface area contributed by atoms with Gasteiger partial charge in [0.1, 0.15) is 12.4 Å². The van der Waals surface area contributed by atoms with Crippen LogP contribution >= 0.6 is 0 Å². The Kier molecular flexibility index (Phi) is 6.41. The van der Waals surface area contributed by atoms with Gasteiger partial charge in [-0.1, -0.05) is 0 Å². The molecule has 0 radical (unpaired) electrons. The first-order chi connectivity index (χ1) is 9.38. The van der Waals surface area contributed by atoms with Crippen molar-refractivity contribution < 1.29 is 13.9 Å². The van der Waals surface area contributed by atoms with Crippen molar-refractivity contribution in [2.45, 2.75) is 50.9 Å². The maximum absolute atomic E-state index is 5.55. The van der Waals surface area contributed by atoms with Gasteiger partial charge in [-0.25, -0.2) is 0 Å². The third-order valence-corrected chi connectivity index (χ3v) is 3.73. The summed E-state index contributed by atoms with van der Waals surface area (Å²) in [5.74, 6) is 0.894. The standard InChI is InChI=1S/C15H25NO3/c1-17-14-7-5-13(6-8-14)16-9-3-10-18-12-15-4-2-11-19-15/h2,4,11,13-14,16H,3,5-10,12H2,1H3. The van der Waals surface area contributed by atoms with Crippen LogP contribution in [0.4, 0.5) is 0 Å². The molecule has 1 aromatic rings. The van der Waals surface area contributed by atoms with Crippen LogP contribution in [-0.2, 0) is 16.1 Å². The molecule has 0 aliphatic heterocycles. The zero-order valence-electron chi connectivity index (χ0n) is 11.8. The van der Waals surface area contributed by atoms with Crippen LogP contribution in [0.25, 0.3) is 0 Å². The van der Waals surface area contributed by atoms with Gasteiger partial charge < -0.3 is 19.2 Å². The van der Waals surface area contributed by atoms with Gasteiger partial charge in [0.2, 0.25) is 0 Å². The average Bonchev–Trinajstić information content (AvgIpc) is 2.96. The van der Waals surface area contributed by atoms with Gasteiger partial charge in [-0.05, 0) is 50.8 Å². The highest BCUT2D eigenvalue weighted by Crippen LogP contribution is 2.20. The Morgan fingerprint density at radius 1 is 1.32 bits per heavy atom. The summed E-state index contributed by atoms with van der Waals surface area (Å²) in [5.41, 5.74) is 0. The molecule has 0 bridgehead atoms. The molecule has 0 saturated heterocycles. The quantitative estimate of drug-likeness (QED) is 0.736. The minimum atomic E-state index is 0.481. The molecule has 4 nitrogen and oxygen atoms in total. The van der Waals surface area contributed by atoms with Crippen LogP contribution in [0.1, 0.15) is 37.9 Å². The van der Waals surface area contributed by atoms with Crippen LogP contribution in [0.3, 0.4) is 0 Å². The largest absolute Gasteiger partial charge is 0.467 e. The summed E-state index contributed by atoms with van der Waals surface area (Å²) in [5, 5.41) is 3.60. The molecule has 4 heteroatoms. The summed E-state index contributed by atoms with van der Waals surface area (Å²) >= 11 is 0. The minimum Gasteiger partial charge on any atom is -0.467 e. The van der Waals surface area contributed by atoms with Crippen LogP contribution < -0.4 is 5.32 Å². The fraction of sp³-hybridized carbons (Fsp3) is 0.733. The molecule has 0 amide bonds. The number of ether oxygens (including phenoxy) is 2. The van der Waals surface area contributed by atoms with Gasteiger partial charge in [-0.3, -0.25) is 0 Å². The summed E-state index contributed by atoms with van der Waals surface area (Å²) < 4.78 is 16.1. The normalized spacial score (nSPS) is 23.6. The molecular weight excluding hydrogens is 242 g/mol. The predicted molar refractivity (Wildman–Crippen MR) is 74.0 cm³/mol. The molecule has 1 fully saturated rings. The molecule has 1 saturated carbocycles. The Morgan fingerprint density at radius 3 is 2.84 bits per heavy atom. The van der Waals surface area contributed by atoms with Gasteiger partial charge in [0.05, 0.1) is 12.4 Å². The van der Waals surface area contributed by atoms with E-state index in [4.69, 9.17) is 13.9 Å². The van der Waals surface area contributed by atoms with Crippen molar-refractivity contribution in [3.05, 3.63) is 24.2 Å². The smallest absolute Gasteiger partial charge is 0.129 e. The Hall–Kier alpha value is -0.840. The van der Waals surface area contributed by atoms with Gasteiger partial charge in [0.15, 0.2) is 0 Å². The third kappa shape index (κ3) is 5.35. The molecule has 19 heavy (non-hydrogen) atoms. The van der Waals surface area contributed by atoms with E-state index in [2.05, 4.69) is 5.32 Å². The van der Waals surface area contributed by atoms with E-state index < -0.39 is 0 Å². The second-order valence-corrected chi connectivity index (χ2v) is 5.15. The van der Waals surface area contributed by atoms with E-state index in [1.807, 2.05) is 19.2 Å². The SMILES string of the molecule is COC1CCC(NCCCOCc2ccco2)CC1. The van der Waals surface area contributed by atoms with Crippen molar-refractivity contribution in [3.8, 4) is 0 Å². The molecule has 1 aromatic heterocycles. The lowest BCUT2D eigenvalue weighted by atomic mass is 9.93. The van der Waals surface area contributed by atoms with E-state index in [1.54, 1.807) is 6.26 Å². The Morgan fingerprint density at radius 2 is 2.16 bits per heavy atom. The third-order valence-electron chi connectivity index (χ3n) is 3.73. The topological polar surface area (TPSA) is 43.6 Å². The highest BCUT2D eigenvalue weighted by molar-refractivity contribution is 4.95. The number of methoxy groups -OCH3 is 1. The predicted octanol–water partition coefficient (Wildman–Crippen LogP) is 2.73. The Labute approximate surface area is 115 Å². The van der Waals surface area contributed by atoms with Crippen LogP contribution in [-0.4, -0.2) is 32.4 Å². The van der Waals surface area contributed by atoms with Crippen molar-refractivity contribution in [3.63, 3.8) is 0 Å². The molecule has 1 aliphatic rings. The van der Waals surface area contributed by atoms with Crippen molar-refractivity contribution >= 4 is 0 Å². The number of hydrogen-bond acceptors (Lipinski definition) is 4. The Bertz CT molecular complexity index is 318. The molecule has 2 rings (SSSR count). The first-order valence-electron chi connectivity index (χ1n) is 7.25. The summed E-state index contributed by atoms with van der Waals surface area (Å²) in [6.45, 7) is 2.38. The fourth-order valence-corrected chi connectivity index (χ4v) is 2.55. The summed E-state index contributed by atoms with van der Waals surface area (Å²) in [4.78, 5) is 0. The van der Waals surface area contributed by atoms with Crippen molar-refractivity contribution in [2.75, 3.05) is 20.3 Å². The van der Waals surface area contributed by atoms with Gasteiger partial charge >= 0.3 is 0 Å². The van der Waals surface area contributed by atoms with E-state index in [0.29, 0.717) is 18.8 Å². The van der Waals surface area contributed by atoms with E-state index in [-0.39, 0.29) is 0 Å². The van der Waals surface area contributed by atoms with Crippen LogP contribution in [0.15, 0.2) is 22.8 Å². The number of rotatable bonds is 8. The molecule has 1 N–H and O–H groups in total. The first-order valence-corrected chi connectivity index (χ1v) is 7.25. The highest BCUT2D eigenvalue weighted by atomic mass is 16.5. The van der Waals surface area contributed by atoms with Crippen molar-refractivity contribution in [1.29, 1.82) is 0 Å². The van der Waals surface area contributed by atoms with Gasteiger partial charge in [0.25, 0.3) is 0 Å². The zero-order valence-corrected chi connectivity index (χ0v) is 11.8. The van der Waals surface area contributed by atoms with E-state index in [1.165, 1.54) is 25.7 Å². The lowest BCUT2D eigenvalue weighted by molar-refractivity contribution is 0.0616. The first kappa shape index (κ1) is 14.6. The van der Waals surface area contributed by atoms with Crippen LogP contribution in [0.5, 0.6) is 0 Å². The maximum atomic E-state index is 5.55. The molecule has 0 atom stereocenters. The molecule has 1 aliphatic carbocycles. The van der Waals surface area contributed by atoms with E-state index in [9.17, 15) is 0 Å². The monoisotopic (exact) mass is 267 g/mol. The lowest BCUT2D eigenvalue weighted by Gasteiger charge is -2.28. The van der Waals surface area contributed by atoms with Crippen LogP contribution in [0.2, 0.25) is 0 Å². The molecule has 108 valence electrons. The zero-order chi connectivity index (χ0) is 13.3. The summed E-state index contributed by atoms with van der Waals surface area (Å²) in [6.07, 6.45) is 8.03. The maximum Gasteiger partial charge on any atom is 0.129 e. The van der Waals surface area contributed by atoms with Crippen LogP contribution in [0, 0.1) is 0 Å². The minimum absolute atomic E-state index is 0.481. The van der Waals surface area contributed by atoms with Crippen molar-refractivity contribution in [1.82, 2.24) is 5.32 Å². The van der Waals surface area contributed by atoms with E-state index in [0.717, 1.165) is 25.3 Å². The molecule has 0 aromatic carbocycles. The average molecular weight is 267 g/mol. The van der Waals surface area contributed by atoms with Gasteiger partial charge in [0, 0.05) is 19.8 Å². The van der Waals surface area contributed by atoms with Gasteiger partial charge in [-0.15, -0.1) is 0 Å². The molecule has 0 unspecified atom stereocenters. The number of furan rings is 1. The second-order valence-electron chi connectivity index (χ2n) is 5.15. The van der Waals surface area contributed by atoms with Gasteiger partial charge in [-0.2, -0.15) is 0 Å². The molecule has 0 spiro atoms. The van der Waals surface area contributed by atoms with Crippen molar-refractivity contribution in [2.24, 2.45) is 0 Å². The fourth-order valence-electron chi connectivity index (χ4n) is 2.55. The summed E-state index contributed by atoms with van der Waals surface area (Å²) in [7, 11) is 1.81.